The molecule has 14 heavy (non-hydrogen) atoms. The Morgan fingerprint density at radius 3 is 2.79 bits per heavy atom. The minimum absolute atomic E-state index is 0.0703. The van der Waals surface area contributed by atoms with Crippen molar-refractivity contribution < 1.29 is 4.92 Å². The molecule has 0 amide bonds. The molecule has 1 aromatic rings. The van der Waals surface area contributed by atoms with Crippen LogP contribution in [0.2, 0.25) is 5.02 Å². The van der Waals surface area contributed by atoms with Gasteiger partial charge in [-0.15, -0.1) is 11.6 Å². The number of halogens is 2. The molecule has 0 spiro atoms. The first-order valence-electron chi connectivity index (χ1n) is 4.08. The van der Waals surface area contributed by atoms with E-state index in [4.69, 9.17) is 23.2 Å². The van der Waals surface area contributed by atoms with Crippen molar-refractivity contribution in [1.82, 2.24) is 9.78 Å². The number of rotatable bonds is 5. The monoisotopic (exact) mass is 237 g/mol. The Hall–Kier alpha value is -0.810. The third kappa shape index (κ3) is 2.85. The van der Waals surface area contributed by atoms with Crippen LogP contribution in [0.25, 0.3) is 0 Å². The zero-order chi connectivity index (χ0) is 10.6. The van der Waals surface area contributed by atoms with E-state index in [0.29, 0.717) is 12.4 Å². The number of alkyl halides is 1. The highest BCUT2D eigenvalue weighted by Crippen LogP contribution is 2.21. The van der Waals surface area contributed by atoms with Crippen LogP contribution < -0.4 is 0 Å². The largest absolute Gasteiger partial charge is 0.408 e. The van der Waals surface area contributed by atoms with Crippen molar-refractivity contribution in [2.75, 3.05) is 5.88 Å². The van der Waals surface area contributed by atoms with Crippen LogP contribution in [0.3, 0.4) is 0 Å². The quantitative estimate of drug-likeness (QED) is 0.342. The minimum Gasteiger partial charge on any atom is -0.358 e. The van der Waals surface area contributed by atoms with Gasteiger partial charge in [0.25, 0.3) is 0 Å². The van der Waals surface area contributed by atoms with Crippen molar-refractivity contribution >= 4 is 29.0 Å². The Morgan fingerprint density at radius 1 is 1.57 bits per heavy atom. The molecule has 0 aliphatic rings. The summed E-state index contributed by atoms with van der Waals surface area (Å²) in [6.07, 6.45) is 3.14. The maximum absolute atomic E-state index is 10.4. The van der Waals surface area contributed by atoms with Gasteiger partial charge in [0, 0.05) is 5.88 Å². The van der Waals surface area contributed by atoms with Gasteiger partial charge in [-0.2, -0.15) is 4.68 Å². The van der Waals surface area contributed by atoms with E-state index < -0.39 is 4.92 Å². The van der Waals surface area contributed by atoms with Crippen LogP contribution in [0.15, 0.2) is 6.20 Å². The Morgan fingerprint density at radius 2 is 2.29 bits per heavy atom. The maximum atomic E-state index is 10.4. The normalized spacial score (nSPS) is 10.4. The van der Waals surface area contributed by atoms with Crippen LogP contribution in [-0.2, 0) is 6.54 Å². The van der Waals surface area contributed by atoms with Crippen molar-refractivity contribution in [2.24, 2.45) is 0 Å². The van der Waals surface area contributed by atoms with Gasteiger partial charge in [0.15, 0.2) is 5.02 Å². The van der Waals surface area contributed by atoms with Crippen LogP contribution in [0.5, 0.6) is 0 Å². The van der Waals surface area contributed by atoms with Gasteiger partial charge in [0.05, 0.1) is 17.8 Å². The molecule has 78 valence electrons. The Kier molecular flexibility index (Phi) is 4.16. The number of nitrogens with zero attached hydrogens (tertiary/aromatic N) is 3. The summed E-state index contributed by atoms with van der Waals surface area (Å²) >= 11 is 11.1. The van der Waals surface area contributed by atoms with Gasteiger partial charge in [0.1, 0.15) is 0 Å². The second-order valence-electron chi connectivity index (χ2n) is 2.72. The van der Waals surface area contributed by atoms with E-state index in [9.17, 15) is 10.1 Å². The molecule has 0 aliphatic carbocycles. The van der Waals surface area contributed by atoms with Crippen molar-refractivity contribution in [3.63, 3.8) is 0 Å². The zero-order valence-electron chi connectivity index (χ0n) is 7.32. The predicted octanol–water partition coefficient (Wildman–Crippen LogP) is 2.46. The standard InChI is InChI=1S/C7H9Cl2N3O2/c8-3-1-2-4-11-5-6(9)7(10-11)12(13)14/h5H,1-4H2. The highest BCUT2D eigenvalue weighted by atomic mass is 35.5. The SMILES string of the molecule is O=[N+]([O-])c1nn(CCCCCl)cc1Cl. The summed E-state index contributed by atoms with van der Waals surface area (Å²) in [5.41, 5.74) is 0. The fourth-order valence-electron chi connectivity index (χ4n) is 0.993. The lowest BCUT2D eigenvalue weighted by molar-refractivity contribution is -0.389. The molecule has 0 saturated heterocycles. The summed E-state index contributed by atoms with van der Waals surface area (Å²) in [7, 11) is 0. The highest BCUT2D eigenvalue weighted by Gasteiger charge is 2.18. The number of hydrogen-bond acceptors (Lipinski definition) is 3. The van der Waals surface area contributed by atoms with Crippen molar-refractivity contribution in [3.05, 3.63) is 21.3 Å². The molecule has 0 saturated carbocycles. The second kappa shape index (κ2) is 5.17. The van der Waals surface area contributed by atoms with Crippen molar-refractivity contribution in [2.45, 2.75) is 19.4 Å². The van der Waals surface area contributed by atoms with Gasteiger partial charge in [0.2, 0.25) is 0 Å². The van der Waals surface area contributed by atoms with E-state index in [1.54, 1.807) is 0 Å². The van der Waals surface area contributed by atoms with E-state index in [0.717, 1.165) is 12.8 Å². The molecule has 0 aliphatic heterocycles. The Labute approximate surface area is 90.8 Å². The first kappa shape index (κ1) is 11.3. The van der Waals surface area contributed by atoms with Crippen molar-refractivity contribution in [1.29, 1.82) is 0 Å². The van der Waals surface area contributed by atoms with Crippen LogP contribution in [0.4, 0.5) is 5.82 Å². The third-order valence-corrected chi connectivity index (χ3v) is 2.18. The summed E-state index contributed by atoms with van der Waals surface area (Å²) in [5, 5.41) is 14.2. The fourth-order valence-corrected chi connectivity index (χ4v) is 1.40. The number of aryl methyl sites for hydroxylation is 1. The molecule has 0 aromatic carbocycles. The first-order valence-corrected chi connectivity index (χ1v) is 4.99. The molecule has 1 heterocycles. The minimum atomic E-state index is -0.597. The molecular weight excluding hydrogens is 229 g/mol. The first-order chi connectivity index (χ1) is 6.65. The summed E-state index contributed by atoms with van der Waals surface area (Å²) in [5.74, 6) is 0.287. The maximum Gasteiger partial charge on any atom is 0.408 e. The Balaban J connectivity index is 2.62. The molecule has 0 radical (unpaired) electrons. The van der Waals surface area contributed by atoms with E-state index in [1.165, 1.54) is 10.9 Å². The number of unbranched alkanes of at least 4 members (excludes halogenated alkanes) is 1. The van der Waals surface area contributed by atoms with E-state index >= 15 is 0 Å². The molecule has 0 fully saturated rings. The van der Waals surface area contributed by atoms with Gasteiger partial charge >= 0.3 is 5.82 Å². The van der Waals surface area contributed by atoms with E-state index in [2.05, 4.69) is 5.10 Å². The van der Waals surface area contributed by atoms with Gasteiger partial charge in [-0.25, -0.2) is 0 Å². The lowest BCUT2D eigenvalue weighted by Crippen LogP contribution is -1.99. The third-order valence-electron chi connectivity index (χ3n) is 1.64. The smallest absolute Gasteiger partial charge is 0.358 e. The average Bonchev–Trinajstić information content (AvgIpc) is 2.47. The topological polar surface area (TPSA) is 61.0 Å². The Bertz CT molecular complexity index is 327. The average molecular weight is 238 g/mol. The number of aromatic nitrogens is 2. The molecule has 5 nitrogen and oxygen atoms in total. The molecule has 1 aromatic heterocycles. The van der Waals surface area contributed by atoms with Crippen LogP contribution in [0.1, 0.15) is 12.8 Å². The summed E-state index contributed by atoms with van der Waals surface area (Å²) in [6, 6.07) is 0. The summed E-state index contributed by atoms with van der Waals surface area (Å²) < 4.78 is 1.47. The van der Waals surface area contributed by atoms with Gasteiger partial charge < -0.3 is 10.1 Å². The molecule has 0 N–H and O–H groups in total. The second-order valence-corrected chi connectivity index (χ2v) is 3.50. The molecule has 0 unspecified atom stereocenters. The lowest BCUT2D eigenvalue weighted by Gasteiger charge is -1.93. The van der Waals surface area contributed by atoms with Gasteiger partial charge in [-0.3, -0.25) is 0 Å². The van der Waals surface area contributed by atoms with Crippen LogP contribution in [0, 0.1) is 10.1 Å². The lowest BCUT2D eigenvalue weighted by atomic mass is 10.3. The van der Waals surface area contributed by atoms with Crippen molar-refractivity contribution in [3.8, 4) is 0 Å². The van der Waals surface area contributed by atoms with Crippen LogP contribution >= 0.6 is 23.2 Å². The fraction of sp³-hybridized carbons (Fsp3) is 0.571. The summed E-state index contributed by atoms with van der Waals surface area (Å²) in [4.78, 5) is 9.79. The van der Waals surface area contributed by atoms with E-state index in [-0.39, 0.29) is 10.8 Å². The molecule has 1 rings (SSSR count). The summed E-state index contributed by atoms with van der Waals surface area (Å²) in [6.45, 7) is 0.597. The number of nitro groups is 1. The highest BCUT2D eigenvalue weighted by molar-refractivity contribution is 6.32. The molecule has 0 bridgehead atoms. The molecule has 0 atom stereocenters. The zero-order valence-corrected chi connectivity index (χ0v) is 8.83. The molecule has 7 heteroatoms. The predicted molar refractivity (Wildman–Crippen MR) is 53.8 cm³/mol. The molecular formula is C7H9Cl2N3O2. The number of hydrogen-bond donors (Lipinski definition) is 0. The van der Waals surface area contributed by atoms with Crippen LogP contribution in [-0.4, -0.2) is 20.6 Å². The van der Waals surface area contributed by atoms with Gasteiger partial charge in [-0.1, -0.05) is 11.6 Å². The van der Waals surface area contributed by atoms with E-state index in [1.807, 2.05) is 0 Å². The van der Waals surface area contributed by atoms with Gasteiger partial charge in [-0.05, 0) is 17.8 Å².